The van der Waals surface area contributed by atoms with Gasteiger partial charge in [-0.15, -0.1) is 0 Å². The van der Waals surface area contributed by atoms with E-state index in [0.717, 1.165) is 23.3 Å². The highest BCUT2D eigenvalue weighted by Gasteiger charge is 2.04. The lowest BCUT2D eigenvalue weighted by Gasteiger charge is -2.10. The third-order valence-corrected chi connectivity index (χ3v) is 4.27. The molecule has 1 heterocycles. The second kappa shape index (κ2) is 6.87. The predicted octanol–water partition coefficient (Wildman–Crippen LogP) is 3.79. The van der Waals surface area contributed by atoms with E-state index in [1.54, 1.807) is 10.9 Å². The standard InChI is InChI=1S/C20H22N2O2/c1-14-5-8-19-18(11-14)20(23)22(13-21-19)9-4-10-24-17-7-6-15(2)16(3)12-17/h5-8,11-13H,4,9-10H2,1-3H3. The quantitative estimate of drug-likeness (QED) is 0.671. The van der Waals surface area contributed by atoms with Crippen molar-refractivity contribution in [2.24, 2.45) is 0 Å². The number of hydrogen-bond donors (Lipinski definition) is 0. The van der Waals surface area contributed by atoms with Gasteiger partial charge in [-0.05, 0) is 62.6 Å². The van der Waals surface area contributed by atoms with E-state index in [1.165, 1.54) is 11.1 Å². The molecule has 0 spiro atoms. The van der Waals surface area contributed by atoms with E-state index in [0.29, 0.717) is 18.5 Å². The van der Waals surface area contributed by atoms with E-state index in [9.17, 15) is 4.79 Å². The third-order valence-electron chi connectivity index (χ3n) is 4.27. The van der Waals surface area contributed by atoms with Crippen molar-refractivity contribution in [3.05, 3.63) is 69.8 Å². The van der Waals surface area contributed by atoms with Gasteiger partial charge in [-0.1, -0.05) is 17.7 Å². The summed E-state index contributed by atoms with van der Waals surface area (Å²) in [6.07, 6.45) is 2.38. The van der Waals surface area contributed by atoms with E-state index in [1.807, 2.05) is 37.3 Å². The lowest BCUT2D eigenvalue weighted by atomic mass is 10.1. The molecule has 4 nitrogen and oxygen atoms in total. The largest absolute Gasteiger partial charge is 0.494 e. The zero-order chi connectivity index (χ0) is 17.1. The second-order valence-electron chi connectivity index (χ2n) is 6.21. The SMILES string of the molecule is Cc1ccc2ncn(CCCOc3ccc(C)c(C)c3)c(=O)c2c1. The van der Waals surface area contributed by atoms with E-state index in [-0.39, 0.29) is 5.56 Å². The van der Waals surface area contributed by atoms with Gasteiger partial charge in [0.15, 0.2) is 0 Å². The molecule has 2 aromatic carbocycles. The van der Waals surface area contributed by atoms with E-state index in [2.05, 4.69) is 24.9 Å². The van der Waals surface area contributed by atoms with Gasteiger partial charge < -0.3 is 4.74 Å². The van der Waals surface area contributed by atoms with Crippen molar-refractivity contribution in [3.8, 4) is 5.75 Å². The van der Waals surface area contributed by atoms with Crippen molar-refractivity contribution < 1.29 is 4.74 Å². The van der Waals surface area contributed by atoms with Crippen LogP contribution in [0.5, 0.6) is 5.75 Å². The Morgan fingerprint density at radius 3 is 2.67 bits per heavy atom. The summed E-state index contributed by atoms with van der Waals surface area (Å²) in [6.45, 7) is 7.30. The minimum Gasteiger partial charge on any atom is -0.494 e. The van der Waals surface area contributed by atoms with E-state index in [4.69, 9.17) is 4.74 Å². The van der Waals surface area contributed by atoms with Crippen molar-refractivity contribution in [2.45, 2.75) is 33.7 Å². The Morgan fingerprint density at radius 1 is 1.04 bits per heavy atom. The Morgan fingerprint density at radius 2 is 1.88 bits per heavy atom. The van der Waals surface area contributed by atoms with Crippen LogP contribution >= 0.6 is 0 Å². The number of ether oxygens (including phenoxy) is 1. The van der Waals surface area contributed by atoms with Crippen LogP contribution in [0.2, 0.25) is 0 Å². The molecule has 0 aliphatic heterocycles. The lowest BCUT2D eigenvalue weighted by molar-refractivity contribution is 0.300. The van der Waals surface area contributed by atoms with Crippen LogP contribution in [0.4, 0.5) is 0 Å². The molecule has 3 aromatic rings. The Bertz CT molecular complexity index is 929. The monoisotopic (exact) mass is 322 g/mol. The molecule has 0 N–H and O–H groups in total. The fourth-order valence-corrected chi connectivity index (χ4v) is 2.66. The number of rotatable bonds is 5. The van der Waals surface area contributed by atoms with Gasteiger partial charge in [0.1, 0.15) is 5.75 Å². The van der Waals surface area contributed by atoms with Crippen molar-refractivity contribution in [2.75, 3.05) is 6.61 Å². The van der Waals surface area contributed by atoms with Gasteiger partial charge in [0.25, 0.3) is 5.56 Å². The topological polar surface area (TPSA) is 44.1 Å². The number of hydrogen-bond acceptors (Lipinski definition) is 3. The van der Waals surface area contributed by atoms with Gasteiger partial charge in [0.2, 0.25) is 0 Å². The first-order valence-electron chi connectivity index (χ1n) is 8.20. The van der Waals surface area contributed by atoms with Gasteiger partial charge in [0.05, 0.1) is 23.8 Å². The van der Waals surface area contributed by atoms with Crippen LogP contribution in [0.15, 0.2) is 47.5 Å². The molecule has 3 rings (SSSR count). The molecule has 0 atom stereocenters. The highest BCUT2D eigenvalue weighted by molar-refractivity contribution is 5.77. The molecule has 0 saturated carbocycles. The predicted molar refractivity (Wildman–Crippen MR) is 96.8 cm³/mol. The molecule has 0 bridgehead atoms. The first-order chi connectivity index (χ1) is 11.5. The van der Waals surface area contributed by atoms with E-state index >= 15 is 0 Å². The molecule has 0 fully saturated rings. The lowest BCUT2D eigenvalue weighted by Crippen LogP contribution is -2.21. The number of nitrogens with zero attached hydrogens (tertiary/aromatic N) is 2. The molecule has 24 heavy (non-hydrogen) atoms. The normalized spacial score (nSPS) is 11.0. The number of aromatic nitrogens is 2. The third kappa shape index (κ3) is 3.48. The molecule has 0 radical (unpaired) electrons. The Kier molecular flexibility index (Phi) is 4.65. The first kappa shape index (κ1) is 16.2. The fourth-order valence-electron chi connectivity index (χ4n) is 2.66. The zero-order valence-corrected chi connectivity index (χ0v) is 14.4. The fraction of sp³-hybridized carbons (Fsp3) is 0.300. The van der Waals surface area contributed by atoms with Gasteiger partial charge in [-0.25, -0.2) is 4.98 Å². The van der Waals surface area contributed by atoms with E-state index < -0.39 is 0 Å². The van der Waals surface area contributed by atoms with Crippen LogP contribution in [-0.4, -0.2) is 16.2 Å². The summed E-state index contributed by atoms with van der Waals surface area (Å²) in [5.74, 6) is 0.873. The maximum Gasteiger partial charge on any atom is 0.261 e. The highest BCUT2D eigenvalue weighted by atomic mass is 16.5. The molecule has 0 aliphatic carbocycles. The maximum absolute atomic E-state index is 12.5. The average molecular weight is 322 g/mol. The summed E-state index contributed by atoms with van der Waals surface area (Å²) < 4.78 is 7.43. The summed E-state index contributed by atoms with van der Waals surface area (Å²) in [6, 6.07) is 11.8. The maximum atomic E-state index is 12.5. The van der Waals surface area contributed by atoms with Crippen LogP contribution in [0.3, 0.4) is 0 Å². The molecule has 124 valence electrons. The molecule has 4 heteroatoms. The molecule has 0 amide bonds. The summed E-state index contributed by atoms with van der Waals surface area (Å²) in [7, 11) is 0. The molecule has 1 aromatic heterocycles. The van der Waals surface area contributed by atoms with Crippen molar-refractivity contribution in [1.29, 1.82) is 0 Å². The Balaban J connectivity index is 1.64. The van der Waals surface area contributed by atoms with Crippen LogP contribution in [0.25, 0.3) is 10.9 Å². The molecular formula is C20H22N2O2. The number of benzene rings is 2. The molecule has 0 aliphatic rings. The van der Waals surface area contributed by atoms with Crippen LogP contribution in [0.1, 0.15) is 23.1 Å². The number of aryl methyl sites for hydroxylation is 4. The summed E-state index contributed by atoms with van der Waals surface area (Å²) >= 11 is 0. The van der Waals surface area contributed by atoms with Gasteiger partial charge in [0, 0.05) is 6.54 Å². The van der Waals surface area contributed by atoms with Crippen molar-refractivity contribution in [1.82, 2.24) is 9.55 Å². The minimum atomic E-state index is 0.00915. The van der Waals surface area contributed by atoms with Gasteiger partial charge in [-0.3, -0.25) is 9.36 Å². The summed E-state index contributed by atoms with van der Waals surface area (Å²) in [4.78, 5) is 16.9. The molecular weight excluding hydrogens is 300 g/mol. The van der Waals surface area contributed by atoms with Crippen LogP contribution in [-0.2, 0) is 6.54 Å². The summed E-state index contributed by atoms with van der Waals surface area (Å²) in [5.41, 5.74) is 4.30. The van der Waals surface area contributed by atoms with Gasteiger partial charge >= 0.3 is 0 Å². The second-order valence-corrected chi connectivity index (χ2v) is 6.21. The van der Waals surface area contributed by atoms with Crippen molar-refractivity contribution >= 4 is 10.9 Å². The molecule has 0 unspecified atom stereocenters. The average Bonchev–Trinajstić information content (AvgIpc) is 2.57. The minimum absolute atomic E-state index is 0.00915. The van der Waals surface area contributed by atoms with Gasteiger partial charge in [-0.2, -0.15) is 0 Å². The number of fused-ring (bicyclic) bond motifs is 1. The first-order valence-corrected chi connectivity index (χ1v) is 8.20. The Labute approximate surface area is 141 Å². The smallest absolute Gasteiger partial charge is 0.261 e. The van der Waals surface area contributed by atoms with Crippen LogP contribution in [0, 0.1) is 20.8 Å². The zero-order valence-electron chi connectivity index (χ0n) is 14.4. The molecule has 0 saturated heterocycles. The Hall–Kier alpha value is -2.62. The van der Waals surface area contributed by atoms with Crippen molar-refractivity contribution in [3.63, 3.8) is 0 Å². The highest BCUT2D eigenvalue weighted by Crippen LogP contribution is 2.16. The van der Waals surface area contributed by atoms with Crippen LogP contribution < -0.4 is 10.3 Å². The summed E-state index contributed by atoms with van der Waals surface area (Å²) in [5, 5.41) is 0.674.